The van der Waals surface area contributed by atoms with Gasteiger partial charge >= 0.3 is 5.97 Å². The first kappa shape index (κ1) is 16.0. The van der Waals surface area contributed by atoms with Gasteiger partial charge in [0.1, 0.15) is 5.82 Å². The number of rotatable bonds is 5. The summed E-state index contributed by atoms with van der Waals surface area (Å²) in [5.74, 6) is -1.69. The average molecular weight is 328 g/mol. The lowest BCUT2D eigenvalue weighted by molar-refractivity contribution is -0.130. The van der Waals surface area contributed by atoms with Gasteiger partial charge in [0.2, 0.25) is 6.10 Å². The molecule has 3 N–H and O–H groups in total. The monoisotopic (exact) mass is 328 g/mol. The molecule has 2 aromatic rings. The number of benzene rings is 2. The van der Waals surface area contributed by atoms with E-state index in [4.69, 9.17) is 10.5 Å². The highest BCUT2D eigenvalue weighted by Crippen LogP contribution is 2.25. The van der Waals surface area contributed by atoms with Gasteiger partial charge in [-0.15, -0.1) is 0 Å². The van der Waals surface area contributed by atoms with Crippen molar-refractivity contribution in [2.24, 2.45) is 0 Å². The zero-order valence-electron chi connectivity index (χ0n) is 12.9. The minimum absolute atomic E-state index is 0.0246. The first-order chi connectivity index (χ1) is 11.5. The largest absolute Gasteiger partial charge is 0.444 e. The Hall–Kier alpha value is -2.89. The van der Waals surface area contributed by atoms with Crippen LogP contribution in [0.3, 0.4) is 0 Å². The van der Waals surface area contributed by atoms with E-state index in [1.807, 2.05) is 0 Å². The first-order valence-corrected chi connectivity index (χ1v) is 7.66. The standard InChI is InChI=1S/C18H17FN2O3/c19-12-6-9-14(15(20)10-12)18(23)24-16(11-4-2-1-3-5-11)17(22)21-13-7-8-13/h1-6,9-10,13,16H,7-8,20H2,(H,21,22)/t16-/m0/s1. The summed E-state index contributed by atoms with van der Waals surface area (Å²) in [7, 11) is 0. The second-order valence-corrected chi connectivity index (χ2v) is 5.71. The van der Waals surface area contributed by atoms with Gasteiger partial charge in [-0.25, -0.2) is 9.18 Å². The number of carbonyl (C=O) groups excluding carboxylic acids is 2. The van der Waals surface area contributed by atoms with Crippen LogP contribution in [0.4, 0.5) is 10.1 Å². The molecule has 1 aliphatic rings. The van der Waals surface area contributed by atoms with Crippen molar-refractivity contribution in [3.05, 3.63) is 65.5 Å². The third kappa shape index (κ3) is 3.71. The van der Waals surface area contributed by atoms with E-state index < -0.39 is 17.9 Å². The minimum atomic E-state index is -1.08. The van der Waals surface area contributed by atoms with E-state index in [2.05, 4.69) is 5.32 Å². The van der Waals surface area contributed by atoms with Crippen LogP contribution in [0.15, 0.2) is 48.5 Å². The predicted molar refractivity (Wildman–Crippen MR) is 86.6 cm³/mol. The van der Waals surface area contributed by atoms with Crippen molar-refractivity contribution >= 4 is 17.6 Å². The molecule has 0 heterocycles. The van der Waals surface area contributed by atoms with Gasteiger partial charge in [-0.1, -0.05) is 30.3 Å². The van der Waals surface area contributed by atoms with Crippen molar-refractivity contribution in [3.8, 4) is 0 Å². The lowest BCUT2D eigenvalue weighted by atomic mass is 10.1. The van der Waals surface area contributed by atoms with Crippen LogP contribution in [0, 0.1) is 5.82 Å². The van der Waals surface area contributed by atoms with Crippen molar-refractivity contribution in [1.29, 1.82) is 0 Å². The number of ether oxygens (including phenoxy) is 1. The molecule has 1 amide bonds. The maximum absolute atomic E-state index is 13.1. The van der Waals surface area contributed by atoms with Crippen LogP contribution in [0.5, 0.6) is 0 Å². The predicted octanol–water partition coefficient (Wildman–Crippen LogP) is 2.58. The van der Waals surface area contributed by atoms with Gasteiger partial charge in [-0.3, -0.25) is 4.79 Å². The molecule has 1 fully saturated rings. The molecule has 24 heavy (non-hydrogen) atoms. The molecule has 5 nitrogen and oxygen atoms in total. The van der Waals surface area contributed by atoms with E-state index in [9.17, 15) is 14.0 Å². The number of nitrogens with one attached hydrogen (secondary N) is 1. The highest BCUT2D eigenvalue weighted by molar-refractivity contribution is 5.97. The molecule has 0 saturated heterocycles. The lowest BCUT2D eigenvalue weighted by Gasteiger charge is -2.18. The number of nitrogen functional groups attached to an aromatic ring is 1. The molecule has 1 atom stereocenters. The smallest absolute Gasteiger partial charge is 0.341 e. The fourth-order valence-corrected chi connectivity index (χ4v) is 2.30. The third-order valence-corrected chi connectivity index (χ3v) is 3.72. The van der Waals surface area contributed by atoms with E-state index in [1.165, 1.54) is 6.07 Å². The Morgan fingerprint density at radius 2 is 1.88 bits per heavy atom. The molecule has 0 unspecified atom stereocenters. The van der Waals surface area contributed by atoms with Gasteiger partial charge in [0.25, 0.3) is 5.91 Å². The molecule has 0 bridgehead atoms. The Kier molecular flexibility index (Phi) is 4.46. The second kappa shape index (κ2) is 6.70. The zero-order chi connectivity index (χ0) is 17.1. The molecule has 2 aromatic carbocycles. The fourth-order valence-electron chi connectivity index (χ4n) is 2.30. The highest BCUT2D eigenvalue weighted by atomic mass is 19.1. The Balaban J connectivity index is 1.82. The summed E-state index contributed by atoms with van der Waals surface area (Å²) >= 11 is 0. The molecular weight excluding hydrogens is 311 g/mol. The number of amides is 1. The maximum Gasteiger partial charge on any atom is 0.341 e. The second-order valence-electron chi connectivity index (χ2n) is 5.71. The summed E-state index contributed by atoms with van der Waals surface area (Å²) in [6.45, 7) is 0. The summed E-state index contributed by atoms with van der Waals surface area (Å²) < 4.78 is 18.5. The third-order valence-electron chi connectivity index (χ3n) is 3.72. The van der Waals surface area contributed by atoms with Crippen LogP contribution in [-0.4, -0.2) is 17.9 Å². The first-order valence-electron chi connectivity index (χ1n) is 7.66. The Morgan fingerprint density at radius 1 is 1.17 bits per heavy atom. The summed E-state index contributed by atoms with van der Waals surface area (Å²) in [4.78, 5) is 24.8. The number of anilines is 1. The molecule has 0 radical (unpaired) electrons. The van der Waals surface area contributed by atoms with Gasteiger partial charge < -0.3 is 15.8 Å². The van der Waals surface area contributed by atoms with Crippen LogP contribution >= 0.6 is 0 Å². The van der Waals surface area contributed by atoms with Gasteiger partial charge in [-0.05, 0) is 31.0 Å². The molecule has 1 aliphatic carbocycles. The van der Waals surface area contributed by atoms with Crippen molar-refractivity contribution in [1.82, 2.24) is 5.32 Å². The number of nitrogens with two attached hydrogens (primary N) is 1. The Labute approximate surface area is 138 Å². The van der Waals surface area contributed by atoms with Gasteiger partial charge in [0, 0.05) is 17.3 Å². The van der Waals surface area contributed by atoms with Gasteiger partial charge in [0.05, 0.1) is 5.56 Å². The minimum Gasteiger partial charge on any atom is -0.444 e. The van der Waals surface area contributed by atoms with Crippen molar-refractivity contribution in [2.75, 3.05) is 5.73 Å². The van der Waals surface area contributed by atoms with E-state index in [-0.39, 0.29) is 23.2 Å². The summed E-state index contributed by atoms with van der Waals surface area (Å²) in [6.07, 6.45) is 0.766. The number of hydrogen-bond donors (Lipinski definition) is 2. The van der Waals surface area contributed by atoms with Crippen molar-refractivity contribution < 1.29 is 18.7 Å². The van der Waals surface area contributed by atoms with Crippen molar-refractivity contribution in [3.63, 3.8) is 0 Å². The van der Waals surface area contributed by atoms with E-state index in [0.717, 1.165) is 25.0 Å². The number of halogens is 1. The molecule has 3 rings (SSSR count). The quantitative estimate of drug-likeness (QED) is 0.653. The SMILES string of the molecule is Nc1cc(F)ccc1C(=O)O[C@H](C(=O)NC1CC1)c1ccccc1. The number of hydrogen-bond acceptors (Lipinski definition) is 4. The van der Waals surface area contributed by atoms with E-state index >= 15 is 0 Å². The van der Waals surface area contributed by atoms with Gasteiger partial charge in [0.15, 0.2) is 0 Å². The van der Waals surface area contributed by atoms with E-state index in [0.29, 0.717) is 5.56 Å². The van der Waals surface area contributed by atoms with Crippen LogP contribution in [0.1, 0.15) is 34.9 Å². The van der Waals surface area contributed by atoms with Gasteiger partial charge in [-0.2, -0.15) is 0 Å². The fraction of sp³-hybridized carbons (Fsp3) is 0.222. The Bertz CT molecular complexity index is 760. The average Bonchev–Trinajstić information content (AvgIpc) is 3.37. The molecule has 1 saturated carbocycles. The summed E-state index contributed by atoms with van der Waals surface area (Å²) in [6, 6.07) is 12.3. The molecular formula is C18H17FN2O3. The van der Waals surface area contributed by atoms with Crippen LogP contribution in [0.2, 0.25) is 0 Å². The lowest BCUT2D eigenvalue weighted by Crippen LogP contribution is -2.33. The highest BCUT2D eigenvalue weighted by Gasteiger charge is 2.31. The molecule has 0 aromatic heterocycles. The van der Waals surface area contributed by atoms with Crippen LogP contribution in [-0.2, 0) is 9.53 Å². The molecule has 0 spiro atoms. The zero-order valence-corrected chi connectivity index (χ0v) is 12.9. The van der Waals surface area contributed by atoms with Crippen molar-refractivity contribution in [2.45, 2.75) is 25.0 Å². The summed E-state index contributed by atoms with van der Waals surface area (Å²) in [5, 5.41) is 2.83. The molecule has 6 heteroatoms. The van der Waals surface area contributed by atoms with E-state index in [1.54, 1.807) is 30.3 Å². The van der Waals surface area contributed by atoms with Crippen LogP contribution < -0.4 is 11.1 Å². The Morgan fingerprint density at radius 3 is 2.50 bits per heavy atom. The maximum atomic E-state index is 13.1. The molecule has 124 valence electrons. The van der Waals surface area contributed by atoms with Crippen LogP contribution in [0.25, 0.3) is 0 Å². The number of carbonyl (C=O) groups is 2. The summed E-state index contributed by atoms with van der Waals surface area (Å²) in [5.41, 5.74) is 6.21. The normalized spacial score (nSPS) is 14.7. The molecule has 0 aliphatic heterocycles. The number of esters is 1. The topological polar surface area (TPSA) is 81.4 Å².